The summed E-state index contributed by atoms with van der Waals surface area (Å²) in [6.07, 6.45) is 1.01. The Balaban J connectivity index is 2.00. The lowest BCUT2D eigenvalue weighted by atomic mass is 10.0. The van der Waals surface area contributed by atoms with Gasteiger partial charge >= 0.3 is 0 Å². The average molecular weight is 515 g/mol. The molecule has 0 heterocycles. The molecule has 0 saturated carbocycles. The van der Waals surface area contributed by atoms with Gasteiger partial charge in [-0.05, 0) is 54.3 Å². The maximum absolute atomic E-state index is 13.7. The first kappa shape index (κ1) is 26.7. The predicted octanol–water partition coefficient (Wildman–Crippen LogP) is 6.23. The molecule has 184 valence electrons. The zero-order valence-corrected chi connectivity index (χ0v) is 21.3. The number of hydrogen-bond acceptors (Lipinski definition) is 2. The van der Waals surface area contributed by atoms with Crippen LogP contribution < -0.4 is 5.32 Å². The molecule has 2 amide bonds. The van der Waals surface area contributed by atoms with Crippen molar-refractivity contribution in [3.63, 3.8) is 0 Å². The Kier molecular flexibility index (Phi) is 9.70. The number of hydrogen-bond donors (Lipinski definition) is 1. The van der Waals surface area contributed by atoms with Gasteiger partial charge in [-0.25, -0.2) is 4.39 Å². The van der Waals surface area contributed by atoms with E-state index in [0.29, 0.717) is 27.6 Å². The van der Waals surface area contributed by atoms with E-state index in [0.717, 1.165) is 12.0 Å². The first-order valence-electron chi connectivity index (χ1n) is 11.6. The number of carbonyl (C=O) groups is 2. The molecular weight excluding hydrogens is 486 g/mol. The van der Waals surface area contributed by atoms with E-state index >= 15 is 0 Å². The Morgan fingerprint density at radius 3 is 2.14 bits per heavy atom. The van der Waals surface area contributed by atoms with E-state index < -0.39 is 6.04 Å². The van der Waals surface area contributed by atoms with Crippen LogP contribution in [0.5, 0.6) is 0 Å². The van der Waals surface area contributed by atoms with E-state index in [1.807, 2.05) is 44.2 Å². The molecule has 4 nitrogen and oxygen atoms in total. The van der Waals surface area contributed by atoms with Gasteiger partial charge in [0.25, 0.3) is 0 Å². The van der Waals surface area contributed by atoms with Gasteiger partial charge < -0.3 is 10.2 Å². The van der Waals surface area contributed by atoms with Crippen LogP contribution in [0.2, 0.25) is 10.0 Å². The Hall–Kier alpha value is -2.89. The first-order valence-corrected chi connectivity index (χ1v) is 12.3. The van der Waals surface area contributed by atoms with Crippen LogP contribution in [0.15, 0.2) is 72.8 Å². The summed E-state index contributed by atoms with van der Waals surface area (Å²) in [4.78, 5) is 28.8. The summed E-state index contributed by atoms with van der Waals surface area (Å²) in [6, 6.07) is 19.7. The number of benzene rings is 3. The molecule has 0 fully saturated rings. The Morgan fingerprint density at radius 1 is 0.914 bits per heavy atom. The smallest absolute Gasteiger partial charge is 0.243 e. The van der Waals surface area contributed by atoms with Crippen molar-refractivity contribution in [3.8, 4) is 0 Å². The molecule has 0 aromatic heterocycles. The fourth-order valence-corrected chi connectivity index (χ4v) is 4.27. The summed E-state index contributed by atoms with van der Waals surface area (Å²) in [5, 5.41) is 3.79. The number of rotatable bonds is 10. The van der Waals surface area contributed by atoms with Crippen LogP contribution in [-0.4, -0.2) is 28.8 Å². The average Bonchev–Trinajstić information content (AvgIpc) is 2.85. The molecular formula is C28H29Cl2FN2O2. The fourth-order valence-electron chi connectivity index (χ4n) is 3.74. The molecule has 7 heteroatoms. The highest BCUT2D eigenvalue weighted by Gasteiger charge is 2.31. The summed E-state index contributed by atoms with van der Waals surface area (Å²) in [7, 11) is 0. The standard InChI is InChI=1S/C28H29Cl2FN2O2/c1-3-19(2)32-28(35)26(16-20-8-5-4-6-9-20)33(18-21-12-14-22(31)15-13-21)27(34)17-23-24(29)10-7-11-25(23)30/h4-15,19,26H,3,16-18H2,1-2H3,(H,32,35). The van der Waals surface area contributed by atoms with Crippen molar-refractivity contribution in [1.29, 1.82) is 0 Å². The van der Waals surface area contributed by atoms with Crippen LogP contribution in [0, 0.1) is 5.82 Å². The van der Waals surface area contributed by atoms with Gasteiger partial charge in [0.15, 0.2) is 0 Å². The maximum Gasteiger partial charge on any atom is 0.243 e. The molecule has 3 aromatic rings. The maximum atomic E-state index is 13.7. The molecule has 0 bridgehead atoms. The van der Waals surface area contributed by atoms with Crippen molar-refractivity contribution >= 4 is 35.0 Å². The van der Waals surface area contributed by atoms with Crippen molar-refractivity contribution in [2.24, 2.45) is 0 Å². The van der Waals surface area contributed by atoms with Gasteiger partial charge in [-0.1, -0.05) is 78.7 Å². The molecule has 1 N–H and O–H groups in total. The van der Waals surface area contributed by atoms with Crippen molar-refractivity contribution < 1.29 is 14.0 Å². The fraction of sp³-hybridized carbons (Fsp3) is 0.286. The van der Waals surface area contributed by atoms with E-state index in [1.165, 1.54) is 17.0 Å². The molecule has 0 aliphatic rings. The third kappa shape index (κ3) is 7.55. The van der Waals surface area contributed by atoms with E-state index in [1.54, 1.807) is 30.3 Å². The highest BCUT2D eigenvalue weighted by molar-refractivity contribution is 6.36. The molecule has 2 atom stereocenters. The van der Waals surface area contributed by atoms with Gasteiger partial charge in [0.1, 0.15) is 11.9 Å². The van der Waals surface area contributed by atoms with Gasteiger partial charge in [-0.15, -0.1) is 0 Å². The molecule has 0 aliphatic carbocycles. The van der Waals surface area contributed by atoms with Crippen LogP contribution in [0.25, 0.3) is 0 Å². The van der Waals surface area contributed by atoms with Crippen LogP contribution >= 0.6 is 23.2 Å². The molecule has 0 spiro atoms. The lowest BCUT2D eigenvalue weighted by Gasteiger charge is -2.32. The van der Waals surface area contributed by atoms with Crippen LogP contribution in [0.1, 0.15) is 37.0 Å². The molecule has 2 unspecified atom stereocenters. The molecule has 0 radical (unpaired) electrons. The minimum absolute atomic E-state index is 0.0541. The molecule has 0 saturated heterocycles. The van der Waals surface area contributed by atoms with Gasteiger partial charge in [0.05, 0.1) is 6.42 Å². The van der Waals surface area contributed by atoms with Crippen molar-refractivity contribution in [2.75, 3.05) is 0 Å². The van der Waals surface area contributed by atoms with E-state index in [-0.39, 0.29) is 36.6 Å². The Bertz CT molecular complexity index is 1120. The summed E-state index contributed by atoms with van der Waals surface area (Å²) >= 11 is 12.7. The normalized spacial score (nSPS) is 12.6. The van der Waals surface area contributed by atoms with Gasteiger partial charge in [0, 0.05) is 29.1 Å². The minimum Gasteiger partial charge on any atom is -0.352 e. The number of amides is 2. The number of halogens is 3. The van der Waals surface area contributed by atoms with Gasteiger partial charge in [-0.2, -0.15) is 0 Å². The first-order chi connectivity index (χ1) is 16.8. The topological polar surface area (TPSA) is 49.4 Å². The van der Waals surface area contributed by atoms with Crippen LogP contribution in [0.3, 0.4) is 0 Å². The molecule has 3 aromatic carbocycles. The SMILES string of the molecule is CCC(C)NC(=O)C(Cc1ccccc1)N(Cc1ccc(F)cc1)C(=O)Cc1c(Cl)cccc1Cl. The predicted molar refractivity (Wildman–Crippen MR) is 139 cm³/mol. The van der Waals surface area contributed by atoms with E-state index in [4.69, 9.17) is 23.2 Å². The zero-order valence-electron chi connectivity index (χ0n) is 19.8. The summed E-state index contributed by atoms with van der Waals surface area (Å²) in [6.45, 7) is 4.04. The highest BCUT2D eigenvalue weighted by atomic mass is 35.5. The van der Waals surface area contributed by atoms with Gasteiger partial charge in [0.2, 0.25) is 11.8 Å². The quantitative estimate of drug-likeness (QED) is 0.348. The lowest BCUT2D eigenvalue weighted by molar-refractivity contribution is -0.141. The minimum atomic E-state index is -0.787. The second-order valence-electron chi connectivity index (χ2n) is 8.55. The largest absolute Gasteiger partial charge is 0.352 e. The van der Waals surface area contributed by atoms with Crippen LogP contribution in [-0.2, 0) is 29.0 Å². The summed E-state index contributed by atoms with van der Waals surface area (Å²) < 4.78 is 13.5. The van der Waals surface area contributed by atoms with Gasteiger partial charge in [-0.3, -0.25) is 9.59 Å². The number of nitrogens with one attached hydrogen (secondary N) is 1. The Morgan fingerprint density at radius 2 is 1.54 bits per heavy atom. The summed E-state index contributed by atoms with van der Waals surface area (Å²) in [5.41, 5.74) is 2.13. The number of nitrogens with zero attached hydrogens (tertiary/aromatic N) is 1. The molecule has 35 heavy (non-hydrogen) atoms. The molecule has 0 aliphatic heterocycles. The highest BCUT2D eigenvalue weighted by Crippen LogP contribution is 2.26. The second kappa shape index (κ2) is 12.7. The lowest BCUT2D eigenvalue weighted by Crippen LogP contribution is -2.52. The van der Waals surface area contributed by atoms with Crippen molar-refractivity contribution in [2.45, 2.75) is 51.7 Å². The van der Waals surface area contributed by atoms with Crippen molar-refractivity contribution in [3.05, 3.63) is 105 Å². The monoisotopic (exact) mass is 514 g/mol. The molecule has 3 rings (SSSR count). The number of carbonyl (C=O) groups excluding carboxylic acids is 2. The summed E-state index contributed by atoms with van der Waals surface area (Å²) in [5.74, 6) is -0.918. The Labute approximate surface area is 216 Å². The zero-order chi connectivity index (χ0) is 25.4. The van der Waals surface area contributed by atoms with Crippen LogP contribution in [0.4, 0.5) is 4.39 Å². The van der Waals surface area contributed by atoms with Crippen molar-refractivity contribution in [1.82, 2.24) is 10.2 Å². The third-order valence-electron chi connectivity index (χ3n) is 5.93. The third-order valence-corrected chi connectivity index (χ3v) is 6.64. The second-order valence-corrected chi connectivity index (χ2v) is 9.36. The van der Waals surface area contributed by atoms with E-state index in [9.17, 15) is 14.0 Å². The van der Waals surface area contributed by atoms with E-state index in [2.05, 4.69) is 5.32 Å².